The first kappa shape index (κ1) is 137. The van der Waals surface area contributed by atoms with Crippen LogP contribution in [0.1, 0.15) is 64.2 Å². The molecule has 0 spiro atoms. The number of azo groups is 1. The van der Waals surface area contributed by atoms with Gasteiger partial charge in [0.1, 0.15) is 0 Å². The van der Waals surface area contributed by atoms with Crippen LogP contribution in [0, 0.1) is 22.7 Å². The molecule has 8 unspecified atom stereocenters. The van der Waals surface area contributed by atoms with Crippen molar-refractivity contribution in [2.45, 2.75) is 135 Å². The fourth-order valence-electron chi connectivity index (χ4n) is 15.2. The van der Waals surface area contributed by atoms with E-state index in [0.717, 1.165) is 140 Å². The number of nitriles is 2. The summed E-state index contributed by atoms with van der Waals surface area (Å²) < 4.78 is 39.3. The van der Waals surface area contributed by atoms with E-state index >= 15 is 4.57 Å². The Hall–Kier alpha value is 3.29. The van der Waals surface area contributed by atoms with Gasteiger partial charge in [0.05, 0.1) is 34.2 Å². The quantitative estimate of drug-likeness (QED) is 0.0744. The van der Waals surface area contributed by atoms with E-state index in [0.29, 0.717) is 0 Å². The predicted molar refractivity (Wildman–Crippen MR) is 753 cm³/mol. The van der Waals surface area contributed by atoms with Crippen LogP contribution in [0.3, 0.4) is 0 Å². The van der Waals surface area contributed by atoms with Crippen molar-refractivity contribution in [3.8, 4) is 45.8 Å². The first-order valence-electron chi connectivity index (χ1n) is 44.6. The predicted octanol–water partition coefficient (Wildman–Crippen LogP) is 33.0. The Morgan fingerprint density at radius 2 is 0.579 bits per heavy atom. The Morgan fingerprint density at radius 1 is 0.324 bits per heavy atom. The van der Waals surface area contributed by atoms with Crippen LogP contribution in [0.5, 0.6) is 0 Å². The third-order valence-corrected chi connectivity index (χ3v) is 97.5. The number of benzene rings is 12. The Kier molecular flexibility index (Phi) is 69.9. The molecule has 2 aromatic heterocycles. The molecule has 0 amide bonds. The molecule has 0 bridgehead atoms. The summed E-state index contributed by atoms with van der Waals surface area (Å²) in [5.74, 6) is 0. The summed E-state index contributed by atoms with van der Waals surface area (Å²) in [5, 5.41) is 39.6. The molecule has 2 aliphatic heterocycles. The van der Waals surface area contributed by atoms with Gasteiger partial charge in [-0.15, -0.1) is 72.1 Å². The average molecular weight is 3190 g/mol. The first-order chi connectivity index (χ1) is 69.3. The Balaban J connectivity index is 0.000000266. The average Bonchev–Trinajstić information content (AvgIpc) is 1.50. The molecule has 4 radical (unpaired) electrons. The second-order valence-corrected chi connectivity index (χ2v) is 135. The van der Waals surface area contributed by atoms with E-state index in [1.165, 1.54) is 133 Å². The van der Waals surface area contributed by atoms with Crippen LogP contribution in [0.4, 0.5) is 0 Å². The molecular formula is C98H118Br4N6O2P14S17Sn4. The minimum atomic E-state index is -3.22. The fourth-order valence-corrected chi connectivity index (χ4v) is 125. The van der Waals surface area contributed by atoms with Gasteiger partial charge in [-0.2, -0.15) is 20.8 Å². The zero-order valence-corrected chi connectivity index (χ0v) is 128. The van der Waals surface area contributed by atoms with Gasteiger partial charge in [0.25, 0.3) is 0 Å². The van der Waals surface area contributed by atoms with E-state index in [4.69, 9.17) is 0 Å². The minimum absolute atomic E-state index is 0.130. The maximum atomic E-state index is 15.5. The second kappa shape index (κ2) is 74.1. The van der Waals surface area contributed by atoms with E-state index < -0.39 is 104 Å². The molecule has 768 valence electrons. The van der Waals surface area contributed by atoms with Gasteiger partial charge in [0.2, 0.25) is 0 Å². The standard InChI is InChI=1S/C36H23NO2P2.C18H14NP.C14H20N4.C12H6Br4.C6H7P.12CH3.H12P10.S7.S6.S4.4Sn/c38-40(25-12-2-1-3-13-25)31-19-9-21-33-35(31)36-32(40)20-10-22-34(36)41(33,39)26-14-8-11-24(23-26)37-29-17-6-4-15-27(29)28-16-5-7-18-30(28)37;20-14-7-5-6-13(12-14)19-17-10-3-1-8-15(17)16-9-2-4-11-18(16)19;15-11-13(7-3-1-4-8-13)17-18-14(12-16)9-5-2-6-10-14;13-7-3-1-4-8(14)11(7)12-9(15)5-2-6-10(12)16;7-6-4-2-1-3-5-6;;;;;;;;;;;;;1-7(2)10(8(3)4)9(5)6;1-3-5-7-6-4-2;1-3-5-6-4-2;1-3-4-2;;;;/h1-23H;1-12H,20H2;1-10H2;1-6H;1-5H,7H2;12*1H3;1-6H2;;;;;;;. The van der Waals surface area contributed by atoms with Gasteiger partial charge < -0.3 is 18.3 Å². The molecule has 0 N–H and O–H groups in total. The van der Waals surface area contributed by atoms with E-state index in [-0.39, 0.29) is 27.9 Å². The van der Waals surface area contributed by atoms with Crippen molar-refractivity contribution in [1.82, 2.24) is 9.13 Å². The second-order valence-electron chi connectivity index (χ2n) is 34.1. The molecule has 14 aromatic rings. The molecule has 4 aliphatic rings. The Bertz CT molecular complexity index is 7000. The number of halogens is 4. The van der Waals surface area contributed by atoms with Gasteiger partial charge in [-0.05, 0) is 163 Å². The van der Waals surface area contributed by atoms with Crippen molar-refractivity contribution >= 4 is 508 Å². The van der Waals surface area contributed by atoms with Crippen molar-refractivity contribution in [3.63, 3.8) is 0 Å². The van der Waals surface area contributed by atoms with Crippen molar-refractivity contribution in [2.75, 3.05) is 0 Å². The number of fused-ring (bicyclic) bond motifs is 6. The molecule has 2 aliphatic carbocycles. The van der Waals surface area contributed by atoms with Crippen molar-refractivity contribution in [1.29, 1.82) is 10.5 Å². The number of para-hydroxylation sites is 4. The monoisotopic (exact) mass is 3180 g/mol. The van der Waals surface area contributed by atoms with Crippen LogP contribution in [0.25, 0.3) is 77.2 Å². The molecule has 8 atom stereocenters. The third-order valence-electron chi connectivity index (χ3n) is 20.5. The molecule has 4 heterocycles. The summed E-state index contributed by atoms with van der Waals surface area (Å²) in [4.78, 5) is 28.4. The van der Waals surface area contributed by atoms with Gasteiger partial charge in [0.15, 0.2) is 25.4 Å². The van der Waals surface area contributed by atoms with Crippen LogP contribution >= 0.6 is 178 Å². The molecule has 145 heavy (non-hydrogen) atoms. The van der Waals surface area contributed by atoms with Crippen LogP contribution in [-0.2, 0) is 174 Å². The van der Waals surface area contributed by atoms with Gasteiger partial charge >= 0.3 is 138 Å². The van der Waals surface area contributed by atoms with Gasteiger partial charge in [-0.1, -0.05) is 283 Å². The topological polar surface area (TPSA) is 116 Å². The third kappa shape index (κ3) is 43.2. The van der Waals surface area contributed by atoms with Crippen LogP contribution in [-0.4, -0.2) is 99.3 Å². The van der Waals surface area contributed by atoms with E-state index in [9.17, 15) is 15.1 Å². The number of hydrogen-bond donors (Lipinski definition) is 0. The molecule has 0 saturated heterocycles. The molecular weight excluding hydrogens is 3070 g/mol. The van der Waals surface area contributed by atoms with E-state index in [2.05, 4.69) is 427 Å². The molecule has 2 fully saturated rings. The summed E-state index contributed by atoms with van der Waals surface area (Å²) in [6.07, 6.45) is 9.76. The number of rotatable bonds is 10. The van der Waals surface area contributed by atoms with Crippen molar-refractivity contribution in [2.24, 2.45) is 10.2 Å². The zero-order valence-electron chi connectivity index (χ0n) is 81.9. The molecule has 2 saturated carbocycles. The number of aromatic nitrogens is 2. The first-order valence-corrected chi connectivity index (χ1v) is 122. The summed E-state index contributed by atoms with van der Waals surface area (Å²) in [6, 6.07) is 99.2. The maximum absolute atomic E-state index is 15.5. The van der Waals surface area contributed by atoms with Gasteiger partial charge in [-0.3, -0.25) is 0 Å². The summed E-state index contributed by atoms with van der Waals surface area (Å²) in [6.45, 7) is 0.623. The van der Waals surface area contributed by atoms with Crippen LogP contribution in [0.15, 0.2) is 307 Å². The summed E-state index contributed by atoms with van der Waals surface area (Å²) >= 11 is 39.0. The number of hydrogen-bond acceptors (Lipinski definition) is 12. The zero-order chi connectivity index (χ0) is 107. The summed E-state index contributed by atoms with van der Waals surface area (Å²) in [5.41, 5.74) is 9.75. The van der Waals surface area contributed by atoms with Gasteiger partial charge in [-0.25, -0.2) is 0 Å². The van der Waals surface area contributed by atoms with Crippen LogP contribution < -0.4 is 42.4 Å². The van der Waals surface area contributed by atoms with Crippen molar-refractivity contribution in [3.05, 3.63) is 297 Å². The van der Waals surface area contributed by atoms with E-state index in [1.54, 1.807) is 26.6 Å². The normalized spacial score (nSPS) is 13.3. The Morgan fingerprint density at radius 3 is 0.855 bits per heavy atom. The number of nitrogens with zero attached hydrogens (tertiary/aromatic N) is 6. The SMILES string of the molecule is Brc1cccc(Br)c1-c1c(Br)cccc1Br.N#CC1(N=NC2(C#N)CCCCC2)CCCCC1.O=P1(c2ccccc2)c2cccc3c2-c2c1cccc2P3(=O)c1cccc(-n2c3ccccc3c3ccccc32)c1.PP(P)P(P(P)P)P(P)P.Pc1cccc(-n2c3ccccc3c3ccccc32)c1.Pc1ccccc1.S=S=S=S.S=S=S=S=S=S.S=S=S=S=S=S=S.[CH3][Sn]([CH3])[CH3].[CH3][Sn]([CH3])[CH3].[CH3][Sn]([CH3])[CH3].[CH3][Sn]([CH3])[CH3]. The fraction of sp³-hybridized carbons (Fsp3) is 0.245. The molecule has 12 aromatic carbocycles. The Labute approximate surface area is 1010 Å². The van der Waals surface area contributed by atoms with Crippen molar-refractivity contribution < 1.29 is 9.13 Å². The van der Waals surface area contributed by atoms with Gasteiger partial charge in [0, 0.05) is 270 Å². The molecule has 8 nitrogen and oxygen atoms in total. The van der Waals surface area contributed by atoms with Crippen LogP contribution in [0.2, 0.25) is 59.3 Å². The molecule has 47 heteroatoms. The summed E-state index contributed by atoms with van der Waals surface area (Å²) in [7, 11) is 32.1. The van der Waals surface area contributed by atoms with E-state index in [1.807, 2.05) is 146 Å². The molecule has 18 rings (SSSR count).